The third-order valence-corrected chi connectivity index (χ3v) is 5.90. The number of aromatic nitrogens is 1. The third kappa shape index (κ3) is 4.03. The molecule has 1 atom stereocenters. The van der Waals surface area contributed by atoms with E-state index in [1.165, 1.54) is 17.5 Å². The Morgan fingerprint density at radius 2 is 2.00 bits per heavy atom. The van der Waals surface area contributed by atoms with Crippen molar-refractivity contribution in [3.8, 4) is 11.3 Å². The summed E-state index contributed by atoms with van der Waals surface area (Å²) in [4.78, 5) is 20.5. The van der Waals surface area contributed by atoms with Crippen LogP contribution in [0.4, 0.5) is 0 Å². The van der Waals surface area contributed by atoms with Gasteiger partial charge in [-0.15, -0.1) is 0 Å². The zero-order valence-corrected chi connectivity index (χ0v) is 17.5. The van der Waals surface area contributed by atoms with Gasteiger partial charge < -0.3 is 10.2 Å². The zero-order chi connectivity index (χ0) is 20.4. The molecular formula is C25H29N3O. The highest BCUT2D eigenvalue weighted by Gasteiger charge is 2.26. The van der Waals surface area contributed by atoms with Crippen LogP contribution in [0.2, 0.25) is 0 Å². The van der Waals surface area contributed by atoms with Crippen LogP contribution in [0, 0.1) is 19.8 Å². The molecule has 4 rings (SSSR count). The molecule has 29 heavy (non-hydrogen) atoms. The first-order valence-corrected chi connectivity index (χ1v) is 10.5. The monoisotopic (exact) mass is 387 g/mol. The van der Waals surface area contributed by atoms with Crippen LogP contribution >= 0.6 is 0 Å². The number of nitrogens with zero attached hydrogens (tertiary/aromatic N) is 2. The van der Waals surface area contributed by atoms with Crippen LogP contribution in [-0.4, -0.2) is 42.5 Å². The van der Waals surface area contributed by atoms with Gasteiger partial charge in [-0.05, 0) is 63.9 Å². The van der Waals surface area contributed by atoms with E-state index in [9.17, 15) is 4.79 Å². The summed E-state index contributed by atoms with van der Waals surface area (Å²) in [6.07, 6.45) is 2.24. The minimum Gasteiger partial charge on any atom is -0.338 e. The minimum atomic E-state index is 0.121. The highest BCUT2D eigenvalue weighted by atomic mass is 16.2. The molecule has 2 aromatic carbocycles. The van der Waals surface area contributed by atoms with Crippen molar-refractivity contribution in [1.29, 1.82) is 0 Å². The van der Waals surface area contributed by atoms with Crippen LogP contribution in [0.25, 0.3) is 22.2 Å². The van der Waals surface area contributed by atoms with Gasteiger partial charge in [-0.2, -0.15) is 0 Å². The van der Waals surface area contributed by atoms with Crippen LogP contribution in [0.5, 0.6) is 0 Å². The number of hydrogen-bond acceptors (Lipinski definition) is 3. The highest BCUT2D eigenvalue weighted by molar-refractivity contribution is 6.07. The molecule has 1 saturated heterocycles. The van der Waals surface area contributed by atoms with Gasteiger partial charge in [-0.1, -0.05) is 42.0 Å². The second-order valence-electron chi connectivity index (χ2n) is 8.21. The Bertz CT molecular complexity index is 1040. The molecule has 4 nitrogen and oxygen atoms in total. The molecule has 1 aliphatic heterocycles. The summed E-state index contributed by atoms with van der Waals surface area (Å²) in [5, 5.41) is 4.19. The molecule has 0 aliphatic carbocycles. The fraction of sp³-hybridized carbons (Fsp3) is 0.360. The van der Waals surface area contributed by atoms with E-state index in [0.29, 0.717) is 5.92 Å². The molecule has 0 saturated carbocycles. The first-order valence-electron chi connectivity index (χ1n) is 10.5. The largest absolute Gasteiger partial charge is 0.338 e. The molecule has 1 aromatic heterocycles. The average Bonchev–Trinajstić information content (AvgIpc) is 2.73. The lowest BCUT2D eigenvalue weighted by Gasteiger charge is -2.33. The summed E-state index contributed by atoms with van der Waals surface area (Å²) >= 11 is 0. The lowest BCUT2D eigenvalue weighted by Crippen LogP contribution is -2.42. The third-order valence-electron chi connectivity index (χ3n) is 5.90. The predicted octanol–water partition coefficient (Wildman–Crippen LogP) is 4.59. The first kappa shape index (κ1) is 19.6. The molecule has 1 aliphatic rings. The van der Waals surface area contributed by atoms with E-state index in [2.05, 4.69) is 37.4 Å². The fourth-order valence-corrected chi connectivity index (χ4v) is 4.47. The summed E-state index contributed by atoms with van der Waals surface area (Å²) in [5.41, 5.74) is 5.99. The van der Waals surface area contributed by atoms with Crippen molar-refractivity contribution in [1.82, 2.24) is 15.2 Å². The lowest BCUT2D eigenvalue weighted by molar-refractivity contribution is 0.0676. The number of para-hydroxylation sites is 1. The van der Waals surface area contributed by atoms with E-state index in [0.717, 1.165) is 53.8 Å². The number of carbonyl (C=O) groups is 1. The Morgan fingerprint density at radius 1 is 1.17 bits per heavy atom. The van der Waals surface area contributed by atoms with Gasteiger partial charge in [0.1, 0.15) is 0 Å². The van der Waals surface area contributed by atoms with Crippen molar-refractivity contribution in [2.75, 3.05) is 26.7 Å². The number of rotatable bonds is 4. The molecule has 0 radical (unpaired) electrons. The van der Waals surface area contributed by atoms with Crippen molar-refractivity contribution < 1.29 is 4.79 Å². The molecular weight excluding hydrogens is 358 g/mol. The normalized spacial score (nSPS) is 16.9. The highest BCUT2D eigenvalue weighted by Crippen LogP contribution is 2.29. The fourth-order valence-electron chi connectivity index (χ4n) is 4.47. The maximum Gasteiger partial charge on any atom is 0.254 e. The summed E-state index contributed by atoms with van der Waals surface area (Å²) in [5.74, 6) is 0.639. The minimum absolute atomic E-state index is 0.121. The molecule has 1 fully saturated rings. The van der Waals surface area contributed by atoms with Crippen LogP contribution in [-0.2, 0) is 0 Å². The van der Waals surface area contributed by atoms with E-state index in [1.54, 1.807) is 0 Å². The van der Waals surface area contributed by atoms with Crippen molar-refractivity contribution in [3.63, 3.8) is 0 Å². The van der Waals surface area contributed by atoms with E-state index < -0.39 is 0 Å². The van der Waals surface area contributed by atoms with Crippen molar-refractivity contribution in [2.45, 2.75) is 26.7 Å². The van der Waals surface area contributed by atoms with E-state index in [4.69, 9.17) is 4.98 Å². The maximum absolute atomic E-state index is 13.6. The number of piperidine rings is 1. The average molecular weight is 388 g/mol. The number of fused-ring (bicyclic) bond motifs is 1. The Morgan fingerprint density at radius 3 is 2.79 bits per heavy atom. The number of benzene rings is 2. The van der Waals surface area contributed by atoms with Crippen LogP contribution < -0.4 is 5.32 Å². The van der Waals surface area contributed by atoms with Gasteiger partial charge in [0.15, 0.2) is 0 Å². The molecule has 1 N–H and O–H groups in total. The topological polar surface area (TPSA) is 45.2 Å². The molecule has 0 bridgehead atoms. The van der Waals surface area contributed by atoms with Gasteiger partial charge in [-0.3, -0.25) is 4.79 Å². The second kappa shape index (κ2) is 8.34. The second-order valence-corrected chi connectivity index (χ2v) is 8.21. The van der Waals surface area contributed by atoms with Crippen molar-refractivity contribution >= 4 is 16.8 Å². The quantitative estimate of drug-likeness (QED) is 0.712. The number of pyridine rings is 1. The van der Waals surface area contributed by atoms with E-state index in [-0.39, 0.29) is 5.91 Å². The number of likely N-dealkylation sites (tertiary alicyclic amines) is 1. The lowest BCUT2D eigenvalue weighted by atomic mass is 9.96. The number of nitrogens with one attached hydrogen (secondary N) is 1. The number of hydrogen-bond donors (Lipinski definition) is 1. The van der Waals surface area contributed by atoms with Crippen LogP contribution in [0.1, 0.15) is 34.3 Å². The van der Waals surface area contributed by atoms with E-state index in [1.807, 2.05) is 42.3 Å². The summed E-state index contributed by atoms with van der Waals surface area (Å²) in [6, 6.07) is 16.4. The number of carbonyl (C=O) groups excluding carboxylic acids is 1. The van der Waals surface area contributed by atoms with E-state index >= 15 is 0 Å². The molecule has 1 amide bonds. The molecule has 0 spiro atoms. The van der Waals surface area contributed by atoms with Gasteiger partial charge in [0.25, 0.3) is 5.91 Å². The standard InChI is InChI=1S/C25H29N3O/c1-17-10-11-20(18(2)13-17)24-14-22(21-8-4-5-9-23(21)27-24)25(29)28-12-6-7-19(16-28)15-26-3/h4-5,8-11,13-14,19,26H,6-7,12,15-16H2,1-3H3. The smallest absolute Gasteiger partial charge is 0.254 e. The van der Waals surface area contributed by atoms with Gasteiger partial charge in [0, 0.05) is 24.0 Å². The zero-order valence-electron chi connectivity index (χ0n) is 17.5. The first-order chi connectivity index (χ1) is 14.1. The Labute approximate surface area is 173 Å². The van der Waals surface area contributed by atoms with Gasteiger partial charge in [0.2, 0.25) is 0 Å². The summed E-state index contributed by atoms with van der Waals surface area (Å²) < 4.78 is 0. The Kier molecular flexibility index (Phi) is 5.63. The Hall–Kier alpha value is -2.72. The summed E-state index contributed by atoms with van der Waals surface area (Å²) in [7, 11) is 1.98. The van der Waals surface area contributed by atoms with Gasteiger partial charge in [-0.25, -0.2) is 4.98 Å². The molecule has 150 valence electrons. The Balaban J connectivity index is 1.78. The summed E-state index contributed by atoms with van der Waals surface area (Å²) in [6.45, 7) is 6.80. The van der Waals surface area contributed by atoms with Crippen molar-refractivity contribution in [2.24, 2.45) is 5.92 Å². The van der Waals surface area contributed by atoms with Crippen LogP contribution in [0.15, 0.2) is 48.5 Å². The van der Waals surface area contributed by atoms with Gasteiger partial charge >= 0.3 is 0 Å². The number of amides is 1. The maximum atomic E-state index is 13.6. The SMILES string of the molecule is CNCC1CCCN(C(=O)c2cc(-c3ccc(C)cc3C)nc3ccccc23)C1. The van der Waals surface area contributed by atoms with Crippen LogP contribution in [0.3, 0.4) is 0 Å². The van der Waals surface area contributed by atoms with Gasteiger partial charge in [0.05, 0.1) is 16.8 Å². The molecule has 4 heteroatoms. The predicted molar refractivity (Wildman–Crippen MR) is 119 cm³/mol. The molecule has 1 unspecified atom stereocenters. The molecule has 2 heterocycles. The number of aryl methyl sites for hydroxylation is 2. The molecule has 3 aromatic rings. The van der Waals surface area contributed by atoms with Crippen molar-refractivity contribution in [3.05, 3.63) is 65.2 Å².